The molecule has 0 unspecified atom stereocenters. The monoisotopic (exact) mass is 376 g/mol. The third-order valence-electron chi connectivity index (χ3n) is 2.80. The van der Waals surface area contributed by atoms with Crippen molar-refractivity contribution in [2.24, 2.45) is 5.10 Å². The van der Waals surface area contributed by atoms with Gasteiger partial charge in [0.2, 0.25) is 0 Å². The van der Waals surface area contributed by atoms with Gasteiger partial charge in [0.1, 0.15) is 0 Å². The molecular formula is C15H13BrN4O3. The maximum absolute atomic E-state index is 11.6. The fraction of sp³-hybridized carbons (Fsp3) is 0.0667. The predicted octanol–water partition coefficient (Wildman–Crippen LogP) is 2.92. The normalized spacial score (nSPS) is 10.5. The summed E-state index contributed by atoms with van der Waals surface area (Å²) in [7, 11) is 0. The van der Waals surface area contributed by atoms with E-state index < -0.39 is 4.92 Å². The molecule has 0 saturated heterocycles. The molecule has 7 nitrogen and oxygen atoms in total. The molecule has 0 aliphatic carbocycles. The van der Waals surface area contributed by atoms with Crippen LogP contribution in [0.5, 0.6) is 0 Å². The number of halogens is 1. The number of carbonyl (C=O) groups is 1. The Bertz CT molecular complexity index is 715. The molecule has 0 radical (unpaired) electrons. The standard InChI is InChI=1S/C15H13BrN4O3/c16-12-3-5-13(6-4-12)17-10-15(21)19-18-9-11-1-7-14(8-2-11)20(22)23/h1-9,17H,10H2,(H,19,21)/b18-9-. The second kappa shape index (κ2) is 8.04. The lowest BCUT2D eigenvalue weighted by atomic mass is 10.2. The van der Waals surface area contributed by atoms with Crippen LogP contribution in [-0.4, -0.2) is 23.6 Å². The van der Waals surface area contributed by atoms with Crippen LogP contribution in [0.4, 0.5) is 11.4 Å². The van der Waals surface area contributed by atoms with Crippen molar-refractivity contribution in [3.05, 3.63) is 68.7 Å². The average Bonchev–Trinajstić information content (AvgIpc) is 2.55. The Morgan fingerprint density at radius 1 is 1.17 bits per heavy atom. The van der Waals surface area contributed by atoms with Crippen LogP contribution in [0.1, 0.15) is 5.56 Å². The number of hydrazone groups is 1. The van der Waals surface area contributed by atoms with Gasteiger partial charge in [-0.15, -0.1) is 0 Å². The second-order valence-electron chi connectivity index (χ2n) is 4.50. The van der Waals surface area contributed by atoms with E-state index in [0.29, 0.717) is 5.56 Å². The molecule has 0 aromatic heterocycles. The molecule has 0 heterocycles. The molecule has 2 N–H and O–H groups in total. The van der Waals surface area contributed by atoms with Gasteiger partial charge in [-0.2, -0.15) is 5.10 Å². The van der Waals surface area contributed by atoms with Crippen molar-refractivity contribution in [1.29, 1.82) is 0 Å². The number of nitrogens with zero attached hydrogens (tertiary/aromatic N) is 2. The molecule has 2 aromatic rings. The Kier molecular flexibility index (Phi) is 5.81. The smallest absolute Gasteiger partial charge is 0.269 e. The first-order valence-electron chi connectivity index (χ1n) is 6.60. The quantitative estimate of drug-likeness (QED) is 0.460. The predicted molar refractivity (Wildman–Crippen MR) is 91.5 cm³/mol. The fourth-order valence-corrected chi connectivity index (χ4v) is 1.91. The third kappa shape index (κ3) is 5.51. The molecule has 2 aromatic carbocycles. The fourth-order valence-electron chi connectivity index (χ4n) is 1.65. The molecule has 0 spiro atoms. The SMILES string of the molecule is O=C(CNc1ccc(Br)cc1)N/N=C\c1ccc([N+](=O)[O-])cc1. The van der Waals surface area contributed by atoms with Crippen LogP contribution in [0.15, 0.2) is 58.1 Å². The van der Waals surface area contributed by atoms with E-state index in [-0.39, 0.29) is 18.1 Å². The summed E-state index contributed by atoms with van der Waals surface area (Å²) in [4.78, 5) is 21.7. The van der Waals surface area contributed by atoms with E-state index in [9.17, 15) is 14.9 Å². The number of hydrogen-bond acceptors (Lipinski definition) is 5. The molecule has 0 aliphatic heterocycles. The Balaban J connectivity index is 1.79. The minimum absolute atomic E-state index is 0.00452. The first-order valence-corrected chi connectivity index (χ1v) is 7.40. The Morgan fingerprint density at radius 2 is 1.83 bits per heavy atom. The number of anilines is 1. The van der Waals surface area contributed by atoms with Crippen LogP contribution < -0.4 is 10.7 Å². The minimum Gasteiger partial charge on any atom is -0.376 e. The summed E-state index contributed by atoms with van der Waals surface area (Å²) in [6.45, 7) is 0.0826. The molecule has 23 heavy (non-hydrogen) atoms. The van der Waals surface area contributed by atoms with Crippen molar-refractivity contribution in [3.8, 4) is 0 Å². The summed E-state index contributed by atoms with van der Waals surface area (Å²) in [5.74, 6) is -0.300. The first-order chi connectivity index (χ1) is 11.0. The molecule has 2 rings (SSSR count). The van der Waals surface area contributed by atoms with Gasteiger partial charge in [0, 0.05) is 22.3 Å². The Hall–Kier alpha value is -2.74. The lowest BCUT2D eigenvalue weighted by Gasteiger charge is -2.05. The van der Waals surface area contributed by atoms with E-state index in [1.54, 1.807) is 12.1 Å². The highest BCUT2D eigenvalue weighted by molar-refractivity contribution is 9.10. The van der Waals surface area contributed by atoms with Crippen LogP contribution in [0.2, 0.25) is 0 Å². The van der Waals surface area contributed by atoms with Gasteiger partial charge in [0.05, 0.1) is 17.7 Å². The number of carbonyl (C=O) groups excluding carboxylic acids is 1. The van der Waals surface area contributed by atoms with E-state index in [1.165, 1.54) is 18.3 Å². The van der Waals surface area contributed by atoms with Gasteiger partial charge >= 0.3 is 0 Å². The molecule has 8 heteroatoms. The van der Waals surface area contributed by atoms with Crippen molar-refractivity contribution in [3.63, 3.8) is 0 Å². The molecular weight excluding hydrogens is 364 g/mol. The zero-order chi connectivity index (χ0) is 16.7. The number of amides is 1. The third-order valence-corrected chi connectivity index (χ3v) is 3.33. The lowest BCUT2D eigenvalue weighted by molar-refractivity contribution is -0.384. The summed E-state index contributed by atoms with van der Waals surface area (Å²) in [5, 5.41) is 17.3. The van der Waals surface area contributed by atoms with Crippen molar-refractivity contribution < 1.29 is 9.72 Å². The number of rotatable bonds is 6. The highest BCUT2D eigenvalue weighted by atomic mass is 79.9. The van der Waals surface area contributed by atoms with Crippen LogP contribution in [-0.2, 0) is 4.79 Å². The summed E-state index contributed by atoms with van der Waals surface area (Å²) in [6.07, 6.45) is 1.42. The van der Waals surface area contributed by atoms with Gasteiger partial charge in [-0.05, 0) is 42.0 Å². The Morgan fingerprint density at radius 3 is 2.43 bits per heavy atom. The molecule has 0 bridgehead atoms. The number of hydrogen-bond donors (Lipinski definition) is 2. The number of non-ortho nitro benzene ring substituents is 1. The van der Waals surface area contributed by atoms with Gasteiger partial charge < -0.3 is 5.32 Å². The van der Waals surface area contributed by atoms with E-state index >= 15 is 0 Å². The first kappa shape index (κ1) is 16.6. The molecule has 0 saturated carbocycles. The lowest BCUT2D eigenvalue weighted by Crippen LogP contribution is -2.25. The van der Waals surface area contributed by atoms with Gasteiger partial charge in [-0.1, -0.05) is 15.9 Å². The molecule has 1 amide bonds. The molecule has 0 fully saturated rings. The topological polar surface area (TPSA) is 96.6 Å². The van der Waals surface area contributed by atoms with Gasteiger partial charge in [0.15, 0.2) is 0 Å². The molecule has 0 atom stereocenters. The zero-order valence-electron chi connectivity index (χ0n) is 11.9. The molecule has 0 aliphatic rings. The Labute approximate surface area is 140 Å². The number of nitrogens with one attached hydrogen (secondary N) is 2. The highest BCUT2D eigenvalue weighted by Crippen LogP contribution is 2.13. The van der Waals surface area contributed by atoms with E-state index in [2.05, 4.69) is 31.8 Å². The van der Waals surface area contributed by atoms with E-state index in [4.69, 9.17) is 0 Å². The van der Waals surface area contributed by atoms with Crippen molar-refractivity contribution in [1.82, 2.24) is 5.43 Å². The van der Waals surface area contributed by atoms with E-state index in [1.807, 2.05) is 24.3 Å². The van der Waals surface area contributed by atoms with Gasteiger partial charge in [-0.25, -0.2) is 5.43 Å². The molecule has 118 valence electrons. The minimum atomic E-state index is -0.476. The maximum atomic E-state index is 11.6. The zero-order valence-corrected chi connectivity index (χ0v) is 13.5. The number of nitro groups is 1. The number of benzene rings is 2. The van der Waals surface area contributed by atoms with Crippen LogP contribution in [0.3, 0.4) is 0 Å². The highest BCUT2D eigenvalue weighted by Gasteiger charge is 2.03. The van der Waals surface area contributed by atoms with Crippen molar-refractivity contribution >= 4 is 39.4 Å². The maximum Gasteiger partial charge on any atom is 0.269 e. The summed E-state index contributed by atoms with van der Waals surface area (Å²) < 4.78 is 0.959. The average molecular weight is 377 g/mol. The van der Waals surface area contributed by atoms with Gasteiger partial charge in [0.25, 0.3) is 11.6 Å². The van der Waals surface area contributed by atoms with Gasteiger partial charge in [-0.3, -0.25) is 14.9 Å². The summed E-state index contributed by atoms with van der Waals surface area (Å²) >= 11 is 3.33. The van der Waals surface area contributed by atoms with Crippen LogP contribution >= 0.6 is 15.9 Å². The van der Waals surface area contributed by atoms with Crippen LogP contribution in [0.25, 0.3) is 0 Å². The van der Waals surface area contributed by atoms with Crippen LogP contribution in [0, 0.1) is 10.1 Å². The summed E-state index contributed by atoms with van der Waals surface area (Å²) in [6, 6.07) is 13.3. The number of nitro benzene ring substituents is 1. The van der Waals surface area contributed by atoms with Crippen molar-refractivity contribution in [2.45, 2.75) is 0 Å². The largest absolute Gasteiger partial charge is 0.376 e. The summed E-state index contributed by atoms with van der Waals surface area (Å²) in [5.41, 5.74) is 3.85. The second-order valence-corrected chi connectivity index (χ2v) is 5.42. The van der Waals surface area contributed by atoms with E-state index in [0.717, 1.165) is 10.2 Å². The van der Waals surface area contributed by atoms with Crippen molar-refractivity contribution in [2.75, 3.05) is 11.9 Å².